The Labute approximate surface area is 278 Å². The molecule has 0 aromatic heterocycles. The number of hydrogen-bond acceptors (Lipinski definition) is 7. The maximum Gasteiger partial charge on any atom is 0.338 e. The van der Waals surface area contributed by atoms with Gasteiger partial charge in [0, 0.05) is 27.4 Å². The van der Waals surface area contributed by atoms with Gasteiger partial charge in [0.05, 0.1) is 24.5 Å². The number of para-hydroxylation sites is 1. The van der Waals surface area contributed by atoms with Crippen molar-refractivity contribution in [1.82, 2.24) is 5.32 Å². The van der Waals surface area contributed by atoms with Gasteiger partial charge >= 0.3 is 5.97 Å². The van der Waals surface area contributed by atoms with Gasteiger partial charge in [-0.1, -0.05) is 55.8 Å². The lowest BCUT2D eigenvalue weighted by Crippen LogP contribution is -2.30. The van der Waals surface area contributed by atoms with Gasteiger partial charge < -0.3 is 25.4 Å². The minimum Gasteiger partial charge on any atom is -0.496 e. The zero-order valence-electron chi connectivity index (χ0n) is 26.4. The quantitative estimate of drug-likeness (QED) is 0.0571. The van der Waals surface area contributed by atoms with Crippen LogP contribution >= 0.6 is 11.8 Å². The predicted octanol–water partition coefficient (Wildman–Crippen LogP) is 7.18. The second-order valence-electron chi connectivity index (χ2n) is 10.4. The van der Waals surface area contributed by atoms with Gasteiger partial charge in [-0.15, -0.1) is 11.8 Å². The number of esters is 1. The summed E-state index contributed by atoms with van der Waals surface area (Å²) in [6.07, 6.45) is 3.30. The molecule has 4 aromatic carbocycles. The van der Waals surface area contributed by atoms with E-state index in [1.54, 1.807) is 104 Å². The van der Waals surface area contributed by atoms with Crippen LogP contribution in [0.3, 0.4) is 0 Å². The maximum atomic E-state index is 13.5. The number of hydrogen-bond donors (Lipinski definition) is 3. The minimum atomic E-state index is -0.536. The smallest absolute Gasteiger partial charge is 0.338 e. The standard InChI is InChI=1S/C37H37N3O6S/c1-4-5-22-46-37(44)27-18-20-29(21-19-27)38-34(41)25(2)47-31-16-11-15-30(24-31)39-36(43)32(23-28-14-9-10-17-33(28)45-3)40-35(42)26-12-7-6-8-13-26/h6-21,23-25H,4-5,22H2,1-3H3,(H,38,41)(H,39,43)(H,40,42)/b32-23+. The first-order chi connectivity index (χ1) is 22.8. The van der Waals surface area contributed by atoms with Crippen molar-refractivity contribution in [3.63, 3.8) is 0 Å². The molecule has 0 aliphatic carbocycles. The number of rotatable bonds is 14. The molecular weight excluding hydrogens is 614 g/mol. The van der Waals surface area contributed by atoms with Crippen LogP contribution in [0.5, 0.6) is 5.75 Å². The number of anilines is 2. The molecule has 0 radical (unpaired) electrons. The van der Waals surface area contributed by atoms with Crippen molar-refractivity contribution >= 4 is 52.9 Å². The van der Waals surface area contributed by atoms with Crippen molar-refractivity contribution < 1.29 is 28.7 Å². The van der Waals surface area contributed by atoms with E-state index in [-0.39, 0.29) is 11.6 Å². The molecular formula is C37H37N3O6S. The van der Waals surface area contributed by atoms with Gasteiger partial charge in [-0.25, -0.2) is 4.79 Å². The van der Waals surface area contributed by atoms with E-state index in [2.05, 4.69) is 16.0 Å². The van der Waals surface area contributed by atoms with Crippen molar-refractivity contribution in [2.45, 2.75) is 36.8 Å². The number of nitrogens with one attached hydrogen (secondary N) is 3. The molecule has 0 aliphatic heterocycles. The molecule has 1 atom stereocenters. The molecule has 10 heteroatoms. The van der Waals surface area contributed by atoms with Crippen molar-refractivity contribution in [1.29, 1.82) is 0 Å². The lowest BCUT2D eigenvalue weighted by atomic mass is 10.1. The molecule has 3 N–H and O–H groups in total. The first-order valence-electron chi connectivity index (χ1n) is 15.1. The van der Waals surface area contributed by atoms with Gasteiger partial charge in [-0.3, -0.25) is 14.4 Å². The average Bonchev–Trinajstić information content (AvgIpc) is 3.09. The van der Waals surface area contributed by atoms with Crippen molar-refractivity contribution in [2.75, 3.05) is 24.4 Å². The number of ether oxygens (including phenoxy) is 2. The number of thioether (sulfide) groups is 1. The summed E-state index contributed by atoms with van der Waals surface area (Å²) in [5.74, 6) is -1.06. The summed E-state index contributed by atoms with van der Waals surface area (Å²) in [6, 6.07) is 29.4. The molecule has 1 unspecified atom stereocenters. The molecule has 9 nitrogen and oxygen atoms in total. The van der Waals surface area contributed by atoms with E-state index in [0.29, 0.717) is 40.4 Å². The lowest BCUT2D eigenvalue weighted by molar-refractivity contribution is -0.115. The van der Waals surface area contributed by atoms with E-state index in [1.807, 2.05) is 19.1 Å². The predicted molar refractivity (Wildman–Crippen MR) is 186 cm³/mol. The summed E-state index contributed by atoms with van der Waals surface area (Å²) in [5, 5.41) is 7.97. The van der Waals surface area contributed by atoms with Crippen LogP contribution in [0, 0.1) is 0 Å². The van der Waals surface area contributed by atoms with Crippen molar-refractivity contribution in [3.8, 4) is 5.75 Å². The van der Waals surface area contributed by atoms with E-state index in [0.717, 1.165) is 17.7 Å². The zero-order valence-corrected chi connectivity index (χ0v) is 27.3. The van der Waals surface area contributed by atoms with Crippen LogP contribution in [0.25, 0.3) is 6.08 Å². The van der Waals surface area contributed by atoms with Gasteiger partial charge in [0.15, 0.2) is 0 Å². The zero-order chi connectivity index (χ0) is 33.6. The Morgan fingerprint density at radius 3 is 2.26 bits per heavy atom. The van der Waals surface area contributed by atoms with Crippen molar-refractivity contribution in [3.05, 3.63) is 126 Å². The van der Waals surface area contributed by atoms with Crippen LogP contribution in [-0.4, -0.2) is 42.7 Å². The number of methoxy groups -OCH3 is 1. The summed E-state index contributed by atoms with van der Waals surface area (Å²) in [6.45, 7) is 4.17. The first-order valence-corrected chi connectivity index (χ1v) is 16.0. The third-order valence-corrected chi connectivity index (χ3v) is 7.95. The molecule has 0 aliphatic rings. The summed E-state index contributed by atoms with van der Waals surface area (Å²) >= 11 is 1.32. The molecule has 0 saturated carbocycles. The van der Waals surface area contributed by atoms with Crippen LogP contribution in [0.1, 0.15) is 53.0 Å². The SMILES string of the molecule is CCCCOC(=O)c1ccc(NC(=O)C(C)Sc2cccc(NC(=O)/C(=C\c3ccccc3OC)NC(=O)c3ccccc3)c2)cc1. The number of unbranched alkanes of at least 4 members (excludes halogenated alkanes) is 1. The number of benzene rings is 4. The van der Waals surface area contributed by atoms with Gasteiger partial charge in [-0.05, 0) is 80.1 Å². The first kappa shape index (κ1) is 34.5. The highest BCUT2D eigenvalue weighted by atomic mass is 32.2. The molecule has 47 heavy (non-hydrogen) atoms. The van der Waals surface area contributed by atoms with Crippen molar-refractivity contribution in [2.24, 2.45) is 0 Å². The van der Waals surface area contributed by atoms with Crippen LogP contribution < -0.4 is 20.7 Å². The molecule has 4 aromatic rings. The maximum absolute atomic E-state index is 13.5. The fourth-order valence-corrected chi connectivity index (χ4v) is 5.24. The molecule has 0 spiro atoms. The molecule has 0 saturated heterocycles. The Hall–Kier alpha value is -5.35. The molecule has 4 rings (SSSR count). The van der Waals surface area contributed by atoms with Gasteiger partial charge in [-0.2, -0.15) is 0 Å². The Balaban J connectivity index is 1.42. The van der Waals surface area contributed by atoms with Gasteiger partial charge in [0.2, 0.25) is 5.91 Å². The van der Waals surface area contributed by atoms with Gasteiger partial charge in [0.25, 0.3) is 11.8 Å². The van der Waals surface area contributed by atoms with E-state index in [4.69, 9.17) is 9.47 Å². The Morgan fingerprint density at radius 2 is 1.53 bits per heavy atom. The molecule has 3 amide bonds. The second-order valence-corrected chi connectivity index (χ2v) is 11.8. The Morgan fingerprint density at radius 1 is 0.809 bits per heavy atom. The molecule has 0 bridgehead atoms. The topological polar surface area (TPSA) is 123 Å². The summed E-state index contributed by atoms with van der Waals surface area (Å²) in [4.78, 5) is 52.4. The van der Waals surface area contributed by atoms with E-state index < -0.39 is 23.0 Å². The number of carbonyl (C=O) groups is 4. The normalized spacial score (nSPS) is 11.6. The summed E-state index contributed by atoms with van der Waals surface area (Å²) in [7, 11) is 1.53. The van der Waals surface area contributed by atoms with Crippen LogP contribution in [0.15, 0.2) is 114 Å². The highest BCUT2D eigenvalue weighted by Crippen LogP contribution is 2.27. The third kappa shape index (κ3) is 10.3. The number of carbonyl (C=O) groups excluding carboxylic acids is 4. The fourth-order valence-electron chi connectivity index (χ4n) is 4.31. The monoisotopic (exact) mass is 651 g/mol. The largest absolute Gasteiger partial charge is 0.496 e. The minimum absolute atomic E-state index is 0.0226. The fraction of sp³-hybridized carbons (Fsp3) is 0.189. The molecule has 0 fully saturated rings. The highest BCUT2D eigenvalue weighted by molar-refractivity contribution is 8.00. The Kier molecular flexibility index (Phi) is 12.8. The van der Waals surface area contributed by atoms with Crippen LogP contribution in [0.2, 0.25) is 0 Å². The van der Waals surface area contributed by atoms with E-state index in [9.17, 15) is 19.2 Å². The Bertz CT molecular complexity index is 1720. The highest BCUT2D eigenvalue weighted by Gasteiger charge is 2.18. The molecule has 0 heterocycles. The second kappa shape index (κ2) is 17.4. The molecule has 242 valence electrons. The van der Waals surface area contributed by atoms with E-state index in [1.165, 1.54) is 18.9 Å². The van der Waals surface area contributed by atoms with E-state index >= 15 is 0 Å². The lowest BCUT2D eigenvalue weighted by Gasteiger charge is -2.14. The third-order valence-electron chi connectivity index (χ3n) is 6.86. The summed E-state index contributed by atoms with van der Waals surface area (Å²) in [5.41, 5.74) is 2.49. The number of amides is 3. The van der Waals surface area contributed by atoms with Crippen LogP contribution in [-0.2, 0) is 14.3 Å². The summed E-state index contributed by atoms with van der Waals surface area (Å²) < 4.78 is 10.7. The van der Waals surface area contributed by atoms with Gasteiger partial charge in [0.1, 0.15) is 11.4 Å². The average molecular weight is 652 g/mol. The van der Waals surface area contributed by atoms with Crippen LogP contribution in [0.4, 0.5) is 11.4 Å².